The largest absolute Gasteiger partial charge is 0.356 e. The Morgan fingerprint density at radius 2 is 1.86 bits per heavy atom. The first-order chi connectivity index (χ1) is 10.3. The van der Waals surface area contributed by atoms with Crippen LogP contribution in [0, 0.1) is 5.82 Å². The van der Waals surface area contributed by atoms with Crippen molar-refractivity contribution in [3.8, 4) is 0 Å². The van der Waals surface area contributed by atoms with Crippen LogP contribution in [0.3, 0.4) is 0 Å². The van der Waals surface area contributed by atoms with Crippen molar-refractivity contribution in [3.05, 3.63) is 35.6 Å². The van der Waals surface area contributed by atoms with Crippen molar-refractivity contribution in [1.29, 1.82) is 0 Å². The van der Waals surface area contributed by atoms with Crippen molar-refractivity contribution < 1.29 is 4.39 Å². The van der Waals surface area contributed by atoms with Gasteiger partial charge in [-0.3, -0.25) is 4.99 Å². The van der Waals surface area contributed by atoms with Gasteiger partial charge in [-0.1, -0.05) is 31.4 Å². The molecule has 0 atom stereocenters. The molecule has 1 saturated carbocycles. The SMILES string of the molecule is Fc1ccc(C2(CNC3=NCCCN3)CCCCC2)cc1. The number of hydrogen-bond acceptors (Lipinski definition) is 3. The van der Waals surface area contributed by atoms with E-state index in [1.165, 1.54) is 37.7 Å². The molecule has 2 aliphatic rings. The third kappa shape index (κ3) is 3.36. The summed E-state index contributed by atoms with van der Waals surface area (Å²) in [6.07, 6.45) is 7.24. The molecule has 0 saturated heterocycles. The Kier molecular flexibility index (Phi) is 4.42. The van der Waals surface area contributed by atoms with E-state index in [-0.39, 0.29) is 11.2 Å². The molecule has 4 heteroatoms. The first kappa shape index (κ1) is 14.4. The van der Waals surface area contributed by atoms with E-state index in [4.69, 9.17) is 0 Å². The van der Waals surface area contributed by atoms with E-state index in [1.54, 1.807) is 12.1 Å². The normalized spacial score (nSPS) is 21.3. The Morgan fingerprint density at radius 1 is 1.10 bits per heavy atom. The van der Waals surface area contributed by atoms with Crippen LogP contribution in [0.1, 0.15) is 44.1 Å². The second-order valence-electron chi connectivity index (χ2n) is 6.21. The first-order valence-electron chi connectivity index (χ1n) is 8.07. The lowest BCUT2D eigenvalue weighted by molar-refractivity contribution is 0.290. The summed E-state index contributed by atoms with van der Waals surface area (Å²) in [6.45, 7) is 2.78. The molecule has 0 aromatic heterocycles. The molecule has 2 N–H and O–H groups in total. The summed E-state index contributed by atoms with van der Waals surface area (Å²) in [7, 11) is 0. The van der Waals surface area contributed by atoms with Crippen LogP contribution in [0.15, 0.2) is 29.3 Å². The van der Waals surface area contributed by atoms with Gasteiger partial charge in [-0.25, -0.2) is 4.39 Å². The van der Waals surface area contributed by atoms with E-state index in [0.717, 1.165) is 32.0 Å². The molecule has 1 fully saturated rings. The van der Waals surface area contributed by atoms with E-state index < -0.39 is 0 Å². The van der Waals surface area contributed by atoms with Crippen molar-refractivity contribution in [1.82, 2.24) is 10.6 Å². The summed E-state index contributed by atoms with van der Waals surface area (Å²) in [6, 6.07) is 7.08. The van der Waals surface area contributed by atoms with Crippen LogP contribution in [0.4, 0.5) is 4.39 Å². The molecule has 114 valence electrons. The molecule has 0 spiro atoms. The Bertz CT molecular complexity index is 489. The first-order valence-corrected chi connectivity index (χ1v) is 8.07. The molecule has 0 amide bonds. The minimum atomic E-state index is -0.156. The number of nitrogens with zero attached hydrogens (tertiary/aromatic N) is 1. The fourth-order valence-electron chi connectivity index (χ4n) is 3.50. The maximum Gasteiger partial charge on any atom is 0.191 e. The molecule has 0 unspecified atom stereocenters. The highest BCUT2D eigenvalue weighted by atomic mass is 19.1. The zero-order valence-corrected chi connectivity index (χ0v) is 12.5. The lowest BCUT2D eigenvalue weighted by Gasteiger charge is -2.38. The van der Waals surface area contributed by atoms with Crippen molar-refractivity contribution in [2.75, 3.05) is 19.6 Å². The van der Waals surface area contributed by atoms with E-state index >= 15 is 0 Å². The highest BCUT2D eigenvalue weighted by Gasteiger charge is 2.34. The quantitative estimate of drug-likeness (QED) is 0.897. The van der Waals surface area contributed by atoms with Gasteiger partial charge in [-0.15, -0.1) is 0 Å². The van der Waals surface area contributed by atoms with Crippen LogP contribution in [0.25, 0.3) is 0 Å². The topological polar surface area (TPSA) is 36.4 Å². The molecular weight excluding hydrogens is 265 g/mol. The Balaban J connectivity index is 1.76. The number of benzene rings is 1. The Labute approximate surface area is 126 Å². The molecule has 0 bridgehead atoms. The van der Waals surface area contributed by atoms with Crippen molar-refractivity contribution in [2.24, 2.45) is 4.99 Å². The fraction of sp³-hybridized carbons (Fsp3) is 0.588. The van der Waals surface area contributed by atoms with Gasteiger partial charge in [0, 0.05) is 25.0 Å². The van der Waals surface area contributed by atoms with Crippen LogP contribution >= 0.6 is 0 Å². The third-order valence-electron chi connectivity index (χ3n) is 4.76. The van der Waals surface area contributed by atoms with E-state index in [9.17, 15) is 4.39 Å². The molecule has 21 heavy (non-hydrogen) atoms. The van der Waals surface area contributed by atoms with Crippen LogP contribution in [0.2, 0.25) is 0 Å². The second-order valence-corrected chi connectivity index (χ2v) is 6.21. The zero-order valence-electron chi connectivity index (χ0n) is 12.5. The summed E-state index contributed by atoms with van der Waals surface area (Å²) in [5.41, 5.74) is 1.38. The molecule has 3 rings (SSSR count). The minimum absolute atomic E-state index is 0.119. The molecular formula is C17H24FN3. The van der Waals surface area contributed by atoms with Crippen molar-refractivity contribution in [3.63, 3.8) is 0 Å². The highest BCUT2D eigenvalue weighted by Crippen LogP contribution is 2.39. The highest BCUT2D eigenvalue weighted by molar-refractivity contribution is 5.80. The van der Waals surface area contributed by atoms with Gasteiger partial charge < -0.3 is 10.6 Å². The molecule has 1 aromatic rings. The van der Waals surface area contributed by atoms with E-state index in [1.807, 2.05) is 12.1 Å². The van der Waals surface area contributed by atoms with Crippen LogP contribution < -0.4 is 10.6 Å². The van der Waals surface area contributed by atoms with Gasteiger partial charge in [0.2, 0.25) is 0 Å². The van der Waals surface area contributed by atoms with Crippen LogP contribution in [-0.4, -0.2) is 25.6 Å². The number of aliphatic imine (C=N–C) groups is 1. The average Bonchev–Trinajstić information content (AvgIpc) is 2.55. The molecule has 3 nitrogen and oxygen atoms in total. The molecule has 1 aliphatic carbocycles. The fourth-order valence-corrected chi connectivity index (χ4v) is 3.50. The minimum Gasteiger partial charge on any atom is -0.356 e. The van der Waals surface area contributed by atoms with Crippen molar-refractivity contribution in [2.45, 2.75) is 43.9 Å². The third-order valence-corrected chi connectivity index (χ3v) is 4.76. The van der Waals surface area contributed by atoms with Gasteiger partial charge in [0.1, 0.15) is 5.82 Å². The predicted octanol–water partition coefficient (Wildman–Crippen LogP) is 2.97. The molecule has 1 aliphatic heterocycles. The summed E-state index contributed by atoms with van der Waals surface area (Å²) in [5.74, 6) is 0.768. The lowest BCUT2D eigenvalue weighted by Crippen LogP contribution is -2.48. The van der Waals surface area contributed by atoms with Gasteiger partial charge >= 0.3 is 0 Å². The average molecular weight is 289 g/mol. The number of rotatable bonds is 3. The van der Waals surface area contributed by atoms with Gasteiger partial charge in [-0.05, 0) is 37.0 Å². The second kappa shape index (κ2) is 6.46. The molecule has 1 aromatic carbocycles. The Hall–Kier alpha value is -1.58. The van der Waals surface area contributed by atoms with Gasteiger partial charge in [0.15, 0.2) is 5.96 Å². The zero-order chi connectivity index (χ0) is 14.5. The summed E-state index contributed by atoms with van der Waals surface area (Å²) in [5, 5.41) is 6.81. The molecule has 1 heterocycles. The van der Waals surface area contributed by atoms with Crippen LogP contribution in [-0.2, 0) is 5.41 Å². The Morgan fingerprint density at radius 3 is 2.52 bits per heavy atom. The number of hydrogen-bond donors (Lipinski definition) is 2. The monoisotopic (exact) mass is 289 g/mol. The van der Waals surface area contributed by atoms with Crippen LogP contribution in [0.5, 0.6) is 0 Å². The lowest BCUT2D eigenvalue weighted by atomic mass is 9.69. The summed E-state index contributed by atoms with van der Waals surface area (Å²) < 4.78 is 13.2. The smallest absolute Gasteiger partial charge is 0.191 e. The van der Waals surface area contributed by atoms with Gasteiger partial charge in [0.25, 0.3) is 0 Å². The molecule has 0 radical (unpaired) electrons. The van der Waals surface area contributed by atoms with E-state index in [2.05, 4.69) is 15.6 Å². The van der Waals surface area contributed by atoms with E-state index in [0.29, 0.717) is 0 Å². The summed E-state index contributed by atoms with van der Waals surface area (Å²) >= 11 is 0. The van der Waals surface area contributed by atoms with Gasteiger partial charge in [0.05, 0.1) is 0 Å². The number of halogens is 1. The van der Waals surface area contributed by atoms with Crippen molar-refractivity contribution >= 4 is 5.96 Å². The predicted molar refractivity (Wildman–Crippen MR) is 84.1 cm³/mol. The standard InChI is InChI=1S/C17H24FN3/c18-15-7-5-14(6-8-15)17(9-2-1-3-10-17)13-21-16-19-11-4-12-20-16/h5-8H,1-4,9-13H2,(H2,19,20,21). The maximum absolute atomic E-state index is 13.2. The summed E-state index contributed by atoms with van der Waals surface area (Å²) in [4.78, 5) is 4.49. The maximum atomic E-state index is 13.2. The number of guanidine groups is 1. The number of nitrogens with one attached hydrogen (secondary N) is 2. The van der Waals surface area contributed by atoms with Gasteiger partial charge in [-0.2, -0.15) is 0 Å².